The molecule has 0 unspecified atom stereocenters. The Kier molecular flexibility index (Phi) is 6.93. The number of aromatic nitrogens is 2. The van der Waals surface area contributed by atoms with Crippen LogP contribution in [0.5, 0.6) is 0 Å². The molecule has 0 aliphatic rings. The van der Waals surface area contributed by atoms with Gasteiger partial charge in [0.2, 0.25) is 0 Å². The summed E-state index contributed by atoms with van der Waals surface area (Å²) in [5.41, 5.74) is 1.42. The second kappa shape index (κ2) is 10.8. The fraction of sp³-hybridized carbons (Fsp3) is 0. The average Bonchev–Trinajstić information content (AvgIpc) is 3.67. The van der Waals surface area contributed by atoms with Crippen LogP contribution in [0.3, 0.4) is 0 Å². The van der Waals surface area contributed by atoms with Crippen molar-refractivity contribution in [1.29, 1.82) is 0 Å². The van der Waals surface area contributed by atoms with E-state index in [4.69, 9.17) is 4.98 Å². The van der Waals surface area contributed by atoms with Gasteiger partial charge >= 0.3 is 0 Å². The smallest absolute Gasteiger partial charge is 0.281 e. The highest BCUT2D eigenvalue weighted by atomic mass is 32.1. The number of carbonyl (C=O) groups excluding carboxylic acids is 1. The third kappa shape index (κ3) is 4.48. The number of benzene rings is 4. The summed E-state index contributed by atoms with van der Waals surface area (Å²) in [7, 11) is -2.51. The summed E-state index contributed by atoms with van der Waals surface area (Å²) in [5.74, 6) is -0.249. The highest BCUT2D eigenvalue weighted by molar-refractivity contribution is 8.04. The van der Waals surface area contributed by atoms with Gasteiger partial charge in [-0.05, 0) is 36.4 Å². The number of hydrogen-bond donors (Lipinski definition) is 1. The van der Waals surface area contributed by atoms with Crippen molar-refractivity contribution in [3.05, 3.63) is 139 Å². The van der Waals surface area contributed by atoms with Crippen LogP contribution in [0.15, 0.2) is 133 Å². The first-order chi connectivity index (χ1) is 18.8. The molecule has 38 heavy (non-hydrogen) atoms. The Morgan fingerprint density at radius 3 is 1.66 bits per heavy atom. The van der Waals surface area contributed by atoms with Crippen molar-refractivity contribution in [2.45, 2.75) is 0 Å². The average molecular weight is 549 g/mol. The molecule has 0 fully saturated rings. The molecule has 4 aromatic carbocycles. The zero-order chi connectivity index (χ0) is 25.8. The molecule has 0 aliphatic heterocycles. The van der Waals surface area contributed by atoms with Crippen LogP contribution in [-0.4, -0.2) is 15.9 Å². The number of rotatable bonds is 7. The molecule has 0 aliphatic carbocycles. The summed E-state index contributed by atoms with van der Waals surface area (Å²) < 4.78 is 0.967. The van der Waals surface area contributed by atoms with Gasteiger partial charge in [0.15, 0.2) is 22.7 Å². The lowest BCUT2D eigenvalue weighted by molar-refractivity contribution is 0.102. The molecule has 2 heterocycles. The van der Waals surface area contributed by atoms with Gasteiger partial charge in [0.25, 0.3) is 5.91 Å². The van der Waals surface area contributed by atoms with E-state index < -0.39 is 7.26 Å². The number of thiazole rings is 2. The second-order valence-electron chi connectivity index (χ2n) is 8.51. The van der Waals surface area contributed by atoms with Gasteiger partial charge < -0.3 is 0 Å². The molecule has 0 bridgehead atoms. The number of nitrogens with one attached hydrogen (secondary N) is 1. The van der Waals surface area contributed by atoms with Crippen LogP contribution < -0.4 is 25.8 Å². The number of nitrogens with zero attached hydrogens (tertiary/aromatic N) is 2. The van der Waals surface area contributed by atoms with E-state index in [1.165, 1.54) is 27.3 Å². The summed E-state index contributed by atoms with van der Waals surface area (Å²) in [6.45, 7) is 0. The molecule has 0 saturated carbocycles. The van der Waals surface area contributed by atoms with E-state index in [1.807, 2.05) is 53.9 Å². The molecule has 1 N–H and O–H groups in total. The van der Waals surface area contributed by atoms with Crippen molar-refractivity contribution in [3.8, 4) is 10.6 Å². The van der Waals surface area contributed by atoms with Gasteiger partial charge in [-0.1, -0.05) is 96.3 Å². The first-order valence-electron chi connectivity index (χ1n) is 12.1. The first-order valence-corrected chi connectivity index (χ1v) is 15.6. The number of carbonyl (C=O) groups is 1. The van der Waals surface area contributed by atoms with Crippen molar-refractivity contribution in [1.82, 2.24) is 9.97 Å². The monoisotopic (exact) mass is 548 g/mol. The van der Waals surface area contributed by atoms with Crippen molar-refractivity contribution in [3.63, 3.8) is 0 Å². The predicted octanol–water partition coefficient (Wildman–Crippen LogP) is 6.14. The molecule has 0 radical (unpaired) electrons. The van der Waals surface area contributed by atoms with Crippen LogP contribution in [-0.2, 0) is 0 Å². The fourth-order valence-electron chi connectivity index (χ4n) is 4.59. The number of anilines is 1. The van der Waals surface area contributed by atoms with Crippen molar-refractivity contribution in [2.24, 2.45) is 0 Å². The maximum Gasteiger partial charge on any atom is 0.281 e. The van der Waals surface area contributed by atoms with Crippen LogP contribution >= 0.6 is 29.9 Å². The van der Waals surface area contributed by atoms with Gasteiger partial charge in [-0.25, -0.2) is 9.97 Å². The van der Waals surface area contributed by atoms with E-state index in [-0.39, 0.29) is 5.91 Å². The Bertz CT molecular complexity index is 1540. The topological polar surface area (TPSA) is 54.9 Å². The van der Waals surface area contributed by atoms with Crippen LogP contribution in [0.1, 0.15) is 10.5 Å². The molecule has 2 aromatic heterocycles. The van der Waals surface area contributed by atoms with Crippen LogP contribution in [0.25, 0.3) is 10.6 Å². The Labute approximate surface area is 230 Å². The van der Waals surface area contributed by atoms with Crippen LogP contribution in [0.4, 0.5) is 5.13 Å². The maximum atomic E-state index is 13.9. The molecule has 6 aromatic rings. The minimum absolute atomic E-state index is 0.249. The molecule has 0 saturated heterocycles. The first kappa shape index (κ1) is 24.4. The van der Waals surface area contributed by atoms with Gasteiger partial charge in [-0.2, -0.15) is 0 Å². The molecule has 4 nitrogen and oxygen atoms in total. The summed E-state index contributed by atoms with van der Waals surface area (Å²) in [6.07, 6.45) is 1.69. The van der Waals surface area contributed by atoms with Crippen LogP contribution in [0.2, 0.25) is 0 Å². The van der Waals surface area contributed by atoms with Gasteiger partial charge in [-0.3, -0.25) is 10.1 Å². The van der Waals surface area contributed by atoms with Gasteiger partial charge in [-0.15, -0.1) is 11.3 Å². The Hall–Kier alpha value is -3.96. The molecule has 6 rings (SSSR count). The molecule has 0 spiro atoms. The fourth-order valence-corrected chi connectivity index (χ4v) is 11.6. The van der Waals surface area contributed by atoms with E-state index in [0.29, 0.717) is 10.8 Å². The lowest BCUT2D eigenvalue weighted by Gasteiger charge is -2.26. The molecular weight excluding hydrogens is 525 g/mol. The van der Waals surface area contributed by atoms with Crippen LogP contribution in [0, 0.1) is 0 Å². The van der Waals surface area contributed by atoms with E-state index in [9.17, 15) is 4.79 Å². The Morgan fingerprint density at radius 1 is 0.684 bits per heavy atom. The number of hydrogen-bond acceptors (Lipinski definition) is 5. The highest BCUT2D eigenvalue weighted by Gasteiger charge is 2.52. The van der Waals surface area contributed by atoms with Gasteiger partial charge in [0.1, 0.15) is 20.9 Å². The summed E-state index contributed by atoms with van der Waals surface area (Å²) in [4.78, 5) is 23.2. The summed E-state index contributed by atoms with van der Waals surface area (Å²) in [5, 5.41) is 9.73. The van der Waals surface area contributed by atoms with E-state index in [2.05, 4.69) is 83.1 Å². The molecule has 0 atom stereocenters. The SMILES string of the molecule is O=C(Nc1nccs1)c1nc(-c2ccccc2)sc1[P+](c1ccccc1)(c1ccccc1)c1ccccc1. The van der Waals surface area contributed by atoms with Gasteiger partial charge in [0.05, 0.1) is 0 Å². The third-order valence-corrected chi connectivity index (χ3v) is 13.0. The van der Waals surface area contributed by atoms with Crippen molar-refractivity contribution in [2.75, 3.05) is 5.32 Å². The quantitative estimate of drug-likeness (QED) is 0.244. The van der Waals surface area contributed by atoms with E-state index in [0.717, 1.165) is 15.2 Å². The van der Waals surface area contributed by atoms with E-state index in [1.54, 1.807) is 17.5 Å². The van der Waals surface area contributed by atoms with Gasteiger partial charge in [0, 0.05) is 17.1 Å². The maximum absolute atomic E-state index is 13.9. The Morgan fingerprint density at radius 2 is 1.18 bits per heavy atom. The van der Waals surface area contributed by atoms with Crippen molar-refractivity contribution < 1.29 is 4.79 Å². The molecular formula is C31H23N3OPS2+. The molecule has 1 amide bonds. The van der Waals surface area contributed by atoms with Crippen molar-refractivity contribution >= 4 is 61.5 Å². The molecule has 184 valence electrons. The minimum Gasteiger partial charge on any atom is -0.296 e. The third-order valence-electron chi connectivity index (χ3n) is 6.23. The Balaban J connectivity index is 1.69. The van der Waals surface area contributed by atoms with E-state index >= 15 is 0 Å². The zero-order valence-corrected chi connectivity index (χ0v) is 22.8. The lowest BCUT2D eigenvalue weighted by atomic mass is 10.2. The minimum atomic E-state index is -2.51. The summed E-state index contributed by atoms with van der Waals surface area (Å²) >= 11 is 3.00. The standard InChI is InChI=1S/C31H22N3OPS2/c35-28(34-31-32-21-22-37-31)27-30(38-29(33-27)23-13-5-1-6-14-23)36(24-15-7-2-8-16-24,25-17-9-3-10-18-25)26-19-11-4-12-20-26/h1-22H/p+1. The second-order valence-corrected chi connectivity index (χ2v) is 14.0. The normalized spacial score (nSPS) is 11.3. The predicted molar refractivity (Wildman–Crippen MR) is 162 cm³/mol. The largest absolute Gasteiger partial charge is 0.296 e. The summed E-state index contributed by atoms with van der Waals surface area (Å²) in [6, 6.07) is 41.7. The highest BCUT2D eigenvalue weighted by Crippen LogP contribution is 2.56. The lowest BCUT2D eigenvalue weighted by Crippen LogP contribution is -2.40. The number of amides is 1. The molecule has 7 heteroatoms. The zero-order valence-electron chi connectivity index (χ0n) is 20.3.